The van der Waals surface area contributed by atoms with Crippen molar-refractivity contribution in [2.75, 3.05) is 6.61 Å². The number of furan rings is 1. The summed E-state index contributed by atoms with van der Waals surface area (Å²) in [5.41, 5.74) is 3.12. The van der Waals surface area contributed by atoms with Crippen molar-refractivity contribution < 1.29 is 23.5 Å². The fourth-order valence-corrected chi connectivity index (χ4v) is 2.69. The fraction of sp³-hybridized carbons (Fsp3) is 0.250. The molecule has 2 heterocycles. The van der Waals surface area contributed by atoms with E-state index in [-0.39, 0.29) is 12.2 Å². The van der Waals surface area contributed by atoms with E-state index >= 15 is 0 Å². The number of nitrogens with zero attached hydrogens (tertiary/aromatic N) is 3. The molecule has 0 spiro atoms. The van der Waals surface area contributed by atoms with Crippen molar-refractivity contribution in [2.24, 2.45) is 0 Å². The van der Waals surface area contributed by atoms with Crippen molar-refractivity contribution in [3.8, 4) is 5.69 Å². The molecule has 0 aliphatic heterocycles. The highest BCUT2D eigenvalue weighted by atomic mass is 16.5. The summed E-state index contributed by atoms with van der Waals surface area (Å²) in [6, 6.07) is 8.38. The topological polar surface area (TPSA) is 128 Å². The minimum absolute atomic E-state index is 0.00922. The summed E-state index contributed by atoms with van der Waals surface area (Å²) in [7, 11) is 0. The Balaban J connectivity index is 1.54. The van der Waals surface area contributed by atoms with E-state index in [1.807, 2.05) is 32.0 Å². The monoisotopic (exact) mass is 411 g/mol. The Labute approximate surface area is 172 Å². The molecule has 3 aromatic rings. The van der Waals surface area contributed by atoms with Gasteiger partial charge in [0.05, 0.1) is 24.2 Å². The van der Waals surface area contributed by atoms with Crippen molar-refractivity contribution in [3.05, 3.63) is 64.9 Å². The van der Waals surface area contributed by atoms with Crippen LogP contribution in [0.3, 0.4) is 0 Å². The van der Waals surface area contributed by atoms with Gasteiger partial charge in [0.15, 0.2) is 12.3 Å². The summed E-state index contributed by atoms with van der Waals surface area (Å²) in [4.78, 5) is 37.1. The lowest BCUT2D eigenvalue weighted by Crippen LogP contribution is -2.41. The van der Waals surface area contributed by atoms with Gasteiger partial charge in [0.25, 0.3) is 5.91 Å². The van der Waals surface area contributed by atoms with Crippen LogP contribution >= 0.6 is 0 Å². The Morgan fingerprint density at radius 3 is 2.63 bits per heavy atom. The van der Waals surface area contributed by atoms with Crippen molar-refractivity contribution in [1.82, 2.24) is 25.6 Å². The van der Waals surface area contributed by atoms with Crippen molar-refractivity contribution in [2.45, 2.75) is 27.3 Å². The van der Waals surface area contributed by atoms with Gasteiger partial charge >= 0.3 is 12.0 Å². The molecule has 0 radical (unpaired) electrons. The third-order valence-electron chi connectivity index (χ3n) is 4.13. The second-order valence-corrected chi connectivity index (χ2v) is 6.60. The zero-order chi connectivity index (χ0) is 21.7. The van der Waals surface area contributed by atoms with Gasteiger partial charge in [-0.25, -0.2) is 9.59 Å². The number of urea groups is 1. The molecule has 0 saturated carbocycles. The van der Waals surface area contributed by atoms with Gasteiger partial charge in [-0.3, -0.25) is 10.1 Å². The molecule has 0 fully saturated rings. The van der Waals surface area contributed by atoms with Gasteiger partial charge in [-0.15, -0.1) is 5.10 Å². The van der Waals surface area contributed by atoms with Crippen LogP contribution in [0.2, 0.25) is 0 Å². The number of aromatic nitrogens is 3. The molecule has 2 aromatic heterocycles. The number of imide groups is 1. The lowest BCUT2D eigenvalue weighted by Gasteiger charge is -2.06. The molecule has 30 heavy (non-hydrogen) atoms. The summed E-state index contributed by atoms with van der Waals surface area (Å²) in [6.07, 6.45) is 1.47. The first-order chi connectivity index (χ1) is 14.3. The highest BCUT2D eigenvalue weighted by Crippen LogP contribution is 2.15. The van der Waals surface area contributed by atoms with Crippen LogP contribution in [0.5, 0.6) is 0 Å². The third-order valence-corrected chi connectivity index (χ3v) is 4.13. The normalized spacial score (nSPS) is 10.5. The number of amides is 3. The molecule has 10 nitrogen and oxygen atoms in total. The zero-order valence-corrected chi connectivity index (χ0v) is 16.8. The highest BCUT2D eigenvalue weighted by Gasteiger charge is 2.20. The molecule has 1 aromatic carbocycles. The molecular weight excluding hydrogens is 390 g/mol. The third kappa shape index (κ3) is 5.10. The molecule has 0 bridgehead atoms. The lowest BCUT2D eigenvalue weighted by molar-refractivity contribution is -0.123. The first-order valence-electron chi connectivity index (χ1n) is 9.12. The average molecular weight is 411 g/mol. The van der Waals surface area contributed by atoms with E-state index in [1.165, 1.54) is 11.1 Å². The summed E-state index contributed by atoms with van der Waals surface area (Å²) in [6.45, 7) is 4.99. The summed E-state index contributed by atoms with van der Waals surface area (Å²) < 4.78 is 10.0. The maximum absolute atomic E-state index is 12.3. The number of esters is 1. The van der Waals surface area contributed by atoms with E-state index in [2.05, 4.69) is 20.8 Å². The highest BCUT2D eigenvalue weighted by molar-refractivity contribution is 5.96. The van der Waals surface area contributed by atoms with Gasteiger partial charge in [-0.05, 0) is 44.5 Å². The summed E-state index contributed by atoms with van der Waals surface area (Å²) in [5, 5.41) is 12.9. The second kappa shape index (κ2) is 9.03. The molecule has 0 aliphatic rings. The second-order valence-electron chi connectivity index (χ2n) is 6.60. The van der Waals surface area contributed by atoms with Crippen molar-refractivity contribution in [1.29, 1.82) is 0 Å². The van der Waals surface area contributed by atoms with Gasteiger partial charge < -0.3 is 14.5 Å². The van der Waals surface area contributed by atoms with Crippen molar-refractivity contribution >= 4 is 17.9 Å². The average Bonchev–Trinajstić information content (AvgIpc) is 3.34. The largest absolute Gasteiger partial charge is 0.467 e. The summed E-state index contributed by atoms with van der Waals surface area (Å²) in [5.74, 6) is -1.05. The Morgan fingerprint density at radius 1 is 1.13 bits per heavy atom. The number of ether oxygens (including phenoxy) is 1. The maximum Gasteiger partial charge on any atom is 0.361 e. The Hall–Kier alpha value is -3.95. The number of rotatable bonds is 6. The number of aryl methyl sites for hydroxylation is 3. The van der Waals surface area contributed by atoms with E-state index in [0.29, 0.717) is 11.5 Å². The Bertz CT molecular complexity index is 1070. The number of carbonyl (C=O) groups is 3. The van der Waals surface area contributed by atoms with Crippen LogP contribution in [0.15, 0.2) is 41.0 Å². The fourth-order valence-electron chi connectivity index (χ4n) is 2.69. The molecule has 2 N–H and O–H groups in total. The number of hydrogen-bond donors (Lipinski definition) is 2. The van der Waals surface area contributed by atoms with Crippen LogP contribution in [-0.4, -0.2) is 39.5 Å². The van der Waals surface area contributed by atoms with Crippen molar-refractivity contribution in [3.63, 3.8) is 0 Å². The summed E-state index contributed by atoms with van der Waals surface area (Å²) >= 11 is 0. The van der Waals surface area contributed by atoms with E-state index in [4.69, 9.17) is 9.15 Å². The number of carbonyl (C=O) groups excluding carboxylic acids is 3. The Morgan fingerprint density at radius 2 is 1.93 bits per heavy atom. The quantitative estimate of drug-likeness (QED) is 0.593. The number of benzene rings is 1. The van der Waals surface area contributed by atoms with Crippen LogP contribution < -0.4 is 10.6 Å². The van der Waals surface area contributed by atoms with Crippen LogP contribution in [-0.2, 0) is 16.1 Å². The molecule has 0 saturated heterocycles. The van der Waals surface area contributed by atoms with Crippen LogP contribution in [0.1, 0.15) is 33.1 Å². The van der Waals surface area contributed by atoms with Crippen LogP contribution in [0.4, 0.5) is 4.79 Å². The lowest BCUT2D eigenvalue weighted by atomic mass is 10.1. The molecule has 0 unspecified atom stereocenters. The van der Waals surface area contributed by atoms with E-state index in [9.17, 15) is 14.4 Å². The molecule has 156 valence electrons. The predicted octanol–water partition coefficient (Wildman–Crippen LogP) is 1.97. The maximum atomic E-state index is 12.3. The van der Waals surface area contributed by atoms with Crippen LogP contribution in [0, 0.1) is 20.8 Å². The molecule has 10 heteroatoms. The van der Waals surface area contributed by atoms with E-state index < -0.39 is 24.5 Å². The standard InChI is InChI=1S/C20H21N5O5/c1-12-6-7-16(13(2)9-12)25-23-14(3)18(24-25)19(27)30-11-17(26)22-20(28)21-10-15-5-4-8-29-15/h4-9H,10-11H2,1-3H3,(H2,21,22,26,28). The molecule has 3 rings (SSSR count). The van der Waals surface area contributed by atoms with E-state index in [1.54, 1.807) is 19.1 Å². The van der Waals surface area contributed by atoms with Gasteiger partial charge in [-0.2, -0.15) is 9.90 Å². The number of nitrogens with one attached hydrogen (secondary N) is 2. The molecular formula is C20H21N5O5. The van der Waals surface area contributed by atoms with Gasteiger partial charge in [0, 0.05) is 0 Å². The minimum Gasteiger partial charge on any atom is -0.467 e. The molecule has 0 aliphatic carbocycles. The first kappa shape index (κ1) is 20.8. The first-order valence-corrected chi connectivity index (χ1v) is 9.12. The number of hydrogen-bond acceptors (Lipinski definition) is 7. The predicted molar refractivity (Wildman–Crippen MR) is 105 cm³/mol. The SMILES string of the molecule is Cc1ccc(-n2nc(C)c(C(=O)OCC(=O)NC(=O)NCc3ccco3)n2)c(C)c1. The van der Waals surface area contributed by atoms with E-state index in [0.717, 1.165) is 16.8 Å². The van der Waals surface area contributed by atoms with Crippen LogP contribution in [0.25, 0.3) is 5.69 Å². The zero-order valence-electron chi connectivity index (χ0n) is 16.8. The molecule has 0 atom stereocenters. The molecule has 3 amide bonds. The smallest absolute Gasteiger partial charge is 0.361 e. The van der Waals surface area contributed by atoms with Gasteiger partial charge in [-0.1, -0.05) is 17.7 Å². The van der Waals surface area contributed by atoms with Gasteiger partial charge in [0.1, 0.15) is 5.76 Å². The Kier molecular flexibility index (Phi) is 6.26. The minimum atomic E-state index is -0.811. The van der Waals surface area contributed by atoms with Gasteiger partial charge in [0.2, 0.25) is 0 Å².